The van der Waals surface area contributed by atoms with Crippen molar-refractivity contribution in [1.29, 1.82) is 0 Å². The third-order valence-corrected chi connectivity index (χ3v) is 3.17. The molecule has 0 aliphatic carbocycles. The average molecular weight is 285 g/mol. The Balaban J connectivity index is 2.79. The molecule has 0 aliphatic rings. The van der Waals surface area contributed by atoms with E-state index < -0.39 is 0 Å². The molecule has 1 aromatic rings. The van der Waals surface area contributed by atoms with Gasteiger partial charge in [0.1, 0.15) is 0 Å². The Labute approximate surface area is 116 Å². The summed E-state index contributed by atoms with van der Waals surface area (Å²) in [4.78, 5) is 23.7. The number of hydrogen-bond acceptors (Lipinski definition) is 8. The van der Waals surface area contributed by atoms with Crippen molar-refractivity contribution < 1.29 is 4.79 Å². The first-order valence-electron chi connectivity index (χ1n) is 5.91. The minimum atomic E-state index is -0.284. The molecule has 9 heteroatoms. The Morgan fingerprint density at radius 1 is 1.37 bits per heavy atom. The van der Waals surface area contributed by atoms with Gasteiger partial charge in [-0.15, -0.1) is 0 Å². The Morgan fingerprint density at radius 3 is 2.63 bits per heavy atom. The van der Waals surface area contributed by atoms with Crippen LogP contribution in [0.1, 0.15) is 20.3 Å². The van der Waals surface area contributed by atoms with Gasteiger partial charge in [0, 0.05) is 13.1 Å². The molecule has 1 heterocycles. The Kier molecular flexibility index (Phi) is 6.30. The van der Waals surface area contributed by atoms with E-state index in [1.165, 1.54) is 11.8 Å². The summed E-state index contributed by atoms with van der Waals surface area (Å²) in [7, 11) is 1.73. The molecule has 0 spiro atoms. The molecule has 0 aromatic carbocycles. The van der Waals surface area contributed by atoms with Crippen molar-refractivity contribution in [3.05, 3.63) is 0 Å². The Hall–Kier alpha value is -1.61. The molecule has 0 radical (unpaired) electrons. The molecule has 0 bridgehead atoms. The largest absolute Gasteiger partial charge is 0.357 e. The first-order valence-corrected chi connectivity index (χ1v) is 6.90. The van der Waals surface area contributed by atoms with E-state index in [9.17, 15) is 4.79 Å². The van der Waals surface area contributed by atoms with Gasteiger partial charge in [0.15, 0.2) is 5.16 Å². The summed E-state index contributed by atoms with van der Waals surface area (Å²) in [5, 5.41) is 6.49. The normalized spacial score (nSPS) is 11.8. The average Bonchev–Trinajstić information content (AvgIpc) is 2.44. The predicted octanol–water partition coefficient (Wildman–Crippen LogP) is 0.206. The monoisotopic (exact) mass is 285 g/mol. The van der Waals surface area contributed by atoms with Gasteiger partial charge in [-0.3, -0.25) is 10.2 Å². The highest BCUT2D eigenvalue weighted by Gasteiger charge is 2.09. The van der Waals surface area contributed by atoms with Crippen molar-refractivity contribution in [3.8, 4) is 0 Å². The maximum Gasteiger partial charge on any atom is 0.244 e. The molecule has 0 saturated heterocycles. The molecule has 0 fully saturated rings. The molecule has 0 aliphatic heterocycles. The zero-order valence-electron chi connectivity index (χ0n) is 11.2. The summed E-state index contributed by atoms with van der Waals surface area (Å²) in [5.74, 6) is 5.84. The van der Waals surface area contributed by atoms with Crippen LogP contribution in [0.5, 0.6) is 0 Å². The van der Waals surface area contributed by atoms with E-state index >= 15 is 0 Å². The fourth-order valence-corrected chi connectivity index (χ4v) is 1.74. The standard InChI is InChI=1S/C10H19N7OS/c1-4-6(2)13-9-14-8(12-3)15-10(16-9)19-5-7(18)17-11/h6H,4-5,11H2,1-3H3,(H,17,18)(H2,12,13,14,15,16)/t6-/m0/s1. The summed E-state index contributed by atoms with van der Waals surface area (Å²) in [6.45, 7) is 4.11. The van der Waals surface area contributed by atoms with Crippen LogP contribution in [0.15, 0.2) is 5.16 Å². The molecule has 1 atom stereocenters. The fourth-order valence-electron chi connectivity index (χ4n) is 1.09. The SMILES string of the molecule is CC[C@H](C)Nc1nc(NC)nc(SCC(=O)NN)n1. The quantitative estimate of drug-likeness (QED) is 0.243. The molecule has 19 heavy (non-hydrogen) atoms. The smallest absolute Gasteiger partial charge is 0.244 e. The van der Waals surface area contributed by atoms with E-state index in [1.807, 2.05) is 6.92 Å². The van der Waals surface area contributed by atoms with Crippen LogP contribution < -0.4 is 21.9 Å². The first-order chi connectivity index (χ1) is 9.08. The second-order valence-electron chi connectivity index (χ2n) is 3.83. The van der Waals surface area contributed by atoms with Crippen molar-refractivity contribution in [2.45, 2.75) is 31.5 Å². The van der Waals surface area contributed by atoms with Gasteiger partial charge in [0.2, 0.25) is 17.8 Å². The molecule has 0 unspecified atom stereocenters. The third kappa shape index (κ3) is 5.26. The number of hydrogen-bond donors (Lipinski definition) is 4. The number of amides is 1. The highest BCUT2D eigenvalue weighted by molar-refractivity contribution is 7.99. The second-order valence-corrected chi connectivity index (χ2v) is 4.77. The lowest BCUT2D eigenvalue weighted by Gasteiger charge is -2.12. The molecular formula is C10H19N7OS. The summed E-state index contributed by atoms with van der Waals surface area (Å²) >= 11 is 1.20. The lowest BCUT2D eigenvalue weighted by molar-refractivity contribution is -0.118. The zero-order valence-corrected chi connectivity index (χ0v) is 12.0. The van der Waals surface area contributed by atoms with Gasteiger partial charge in [-0.25, -0.2) is 5.84 Å². The summed E-state index contributed by atoms with van der Waals surface area (Å²) in [6.07, 6.45) is 0.957. The molecular weight excluding hydrogens is 266 g/mol. The summed E-state index contributed by atoms with van der Waals surface area (Å²) < 4.78 is 0. The number of nitrogens with two attached hydrogens (primary N) is 1. The van der Waals surface area contributed by atoms with Crippen LogP contribution in [0.2, 0.25) is 0 Å². The van der Waals surface area contributed by atoms with Crippen LogP contribution in [0.25, 0.3) is 0 Å². The number of aromatic nitrogens is 3. The highest BCUT2D eigenvalue weighted by Crippen LogP contribution is 2.16. The molecule has 1 rings (SSSR count). The van der Waals surface area contributed by atoms with Gasteiger partial charge in [-0.1, -0.05) is 18.7 Å². The van der Waals surface area contributed by atoms with E-state index in [2.05, 4.69) is 37.9 Å². The van der Waals surface area contributed by atoms with Crippen molar-refractivity contribution in [2.75, 3.05) is 23.4 Å². The fraction of sp³-hybridized carbons (Fsp3) is 0.600. The van der Waals surface area contributed by atoms with Crippen LogP contribution >= 0.6 is 11.8 Å². The predicted molar refractivity (Wildman–Crippen MR) is 75.8 cm³/mol. The number of anilines is 2. The summed E-state index contributed by atoms with van der Waals surface area (Å²) in [6, 6.07) is 0.261. The third-order valence-electron chi connectivity index (χ3n) is 2.32. The lowest BCUT2D eigenvalue weighted by atomic mass is 10.3. The Bertz CT molecular complexity index is 428. The number of hydrazine groups is 1. The van der Waals surface area contributed by atoms with E-state index in [4.69, 9.17) is 5.84 Å². The van der Waals surface area contributed by atoms with Crippen molar-refractivity contribution in [2.24, 2.45) is 5.84 Å². The van der Waals surface area contributed by atoms with Crippen LogP contribution in [0, 0.1) is 0 Å². The Morgan fingerprint density at radius 2 is 2.05 bits per heavy atom. The number of thioether (sulfide) groups is 1. The summed E-state index contributed by atoms with van der Waals surface area (Å²) in [5.41, 5.74) is 2.06. The molecule has 5 N–H and O–H groups in total. The number of carbonyl (C=O) groups excluding carboxylic acids is 1. The van der Waals surface area contributed by atoms with Gasteiger partial charge >= 0.3 is 0 Å². The maximum absolute atomic E-state index is 11.1. The zero-order chi connectivity index (χ0) is 14.3. The maximum atomic E-state index is 11.1. The van der Waals surface area contributed by atoms with E-state index in [0.717, 1.165) is 6.42 Å². The number of rotatable bonds is 7. The van der Waals surface area contributed by atoms with Crippen LogP contribution in [0.4, 0.5) is 11.9 Å². The molecule has 106 valence electrons. The first kappa shape index (κ1) is 15.4. The number of nitrogens with one attached hydrogen (secondary N) is 3. The topological polar surface area (TPSA) is 118 Å². The minimum Gasteiger partial charge on any atom is -0.357 e. The van der Waals surface area contributed by atoms with Crippen molar-refractivity contribution >= 4 is 29.6 Å². The van der Waals surface area contributed by atoms with Gasteiger partial charge in [0.25, 0.3) is 0 Å². The lowest BCUT2D eigenvalue weighted by Crippen LogP contribution is -2.31. The molecule has 8 nitrogen and oxygen atoms in total. The van der Waals surface area contributed by atoms with Gasteiger partial charge < -0.3 is 10.6 Å². The van der Waals surface area contributed by atoms with E-state index in [-0.39, 0.29) is 17.7 Å². The van der Waals surface area contributed by atoms with E-state index in [1.54, 1.807) is 7.05 Å². The molecule has 1 amide bonds. The van der Waals surface area contributed by atoms with Crippen LogP contribution in [0.3, 0.4) is 0 Å². The van der Waals surface area contributed by atoms with Crippen LogP contribution in [-0.2, 0) is 4.79 Å². The van der Waals surface area contributed by atoms with Crippen molar-refractivity contribution in [3.63, 3.8) is 0 Å². The highest BCUT2D eigenvalue weighted by atomic mass is 32.2. The van der Waals surface area contributed by atoms with Crippen molar-refractivity contribution in [1.82, 2.24) is 20.4 Å². The molecule has 1 aromatic heterocycles. The van der Waals surface area contributed by atoms with Gasteiger partial charge in [-0.05, 0) is 13.3 Å². The van der Waals surface area contributed by atoms with Gasteiger partial charge in [-0.2, -0.15) is 15.0 Å². The number of carbonyl (C=O) groups is 1. The van der Waals surface area contributed by atoms with Crippen LogP contribution in [-0.4, -0.2) is 39.7 Å². The molecule has 0 saturated carbocycles. The van der Waals surface area contributed by atoms with Gasteiger partial charge in [0.05, 0.1) is 5.75 Å². The minimum absolute atomic E-state index is 0.159. The van der Waals surface area contributed by atoms with E-state index in [0.29, 0.717) is 17.1 Å². The second kappa shape index (κ2) is 7.74. The number of nitrogens with zero attached hydrogens (tertiary/aromatic N) is 3.